The molecule has 7 heteroatoms. The molecule has 0 unspecified atom stereocenters. The van der Waals surface area contributed by atoms with Crippen molar-refractivity contribution in [3.8, 4) is 17.2 Å². The van der Waals surface area contributed by atoms with Gasteiger partial charge in [-0.05, 0) is 42.7 Å². The Balaban J connectivity index is 1.94. The topological polar surface area (TPSA) is 80.2 Å². The van der Waals surface area contributed by atoms with Crippen molar-refractivity contribution in [3.05, 3.63) is 52.0 Å². The molecule has 0 saturated carbocycles. The third-order valence-corrected chi connectivity index (χ3v) is 3.72. The van der Waals surface area contributed by atoms with E-state index in [1.54, 1.807) is 6.07 Å². The van der Waals surface area contributed by atoms with E-state index < -0.39 is 5.91 Å². The highest BCUT2D eigenvalue weighted by molar-refractivity contribution is 6.32. The van der Waals surface area contributed by atoms with Crippen LogP contribution in [0.2, 0.25) is 5.02 Å². The lowest BCUT2D eigenvalue weighted by Crippen LogP contribution is -2.25. The molecule has 6 nitrogen and oxygen atoms in total. The van der Waals surface area contributed by atoms with Crippen LogP contribution in [0.15, 0.2) is 35.4 Å². The van der Waals surface area contributed by atoms with Crippen LogP contribution in [0.25, 0.3) is 0 Å². The molecule has 0 fully saturated rings. The van der Waals surface area contributed by atoms with Crippen LogP contribution in [-0.2, 0) is 4.79 Å². The average Bonchev–Trinajstić information content (AvgIpc) is 2.57. The summed E-state index contributed by atoms with van der Waals surface area (Å²) in [4.78, 5) is 11.8. The van der Waals surface area contributed by atoms with Gasteiger partial charge in [0, 0.05) is 0 Å². The molecule has 0 atom stereocenters. The summed E-state index contributed by atoms with van der Waals surface area (Å²) in [7, 11) is 1.42. The zero-order valence-corrected chi connectivity index (χ0v) is 14.9. The molecule has 2 N–H and O–H groups in total. The SMILES string of the molecule is COc1cc(/C=N/NC(=O)COc2c(C)cccc2C)cc(Cl)c1O. The first-order chi connectivity index (χ1) is 11.9. The number of phenolic OH excluding ortho intramolecular Hbond substituents is 1. The largest absolute Gasteiger partial charge is 0.503 e. The van der Waals surface area contributed by atoms with Crippen LogP contribution < -0.4 is 14.9 Å². The van der Waals surface area contributed by atoms with Gasteiger partial charge in [-0.3, -0.25) is 4.79 Å². The Hall–Kier alpha value is -2.73. The number of hydrazone groups is 1. The minimum absolute atomic E-state index is 0.130. The molecule has 0 heterocycles. The third-order valence-electron chi connectivity index (χ3n) is 3.43. The van der Waals surface area contributed by atoms with Gasteiger partial charge in [0.15, 0.2) is 18.1 Å². The van der Waals surface area contributed by atoms with Gasteiger partial charge in [-0.25, -0.2) is 5.43 Å². The standard InChI is InChI=1S/C18H19ClN2O4/c1-11-5-4-6-12(2)18(11)25-10-16(22)21-20-9-13-7-14(19)17(23)15(8-13)24-3/h4-9,23H,10H2,1-3H3,(H,21,22)/b20-9+. The van der Waals surface area contributed by atoms with E-state index in [0.717, 1.165) is 11.1 Å². The number of nitrogens with zero attached hydrogens (tertiary/aromatic N) is 1. The van der Waals surface area contributed by atoms with Crippen LogP contribution in [0.1, 0.15) is 16.7 Å². The Morgan fingerprint density at radius 2 is 2.00 bits per heavy atom. The second-order valence-electron chi connectivity index (χ2n) is 5.36. The van der Waals surface area contributed by atoms with Crippen LogP contribution in [0.5, 0.6) is 17.2 Å². The third kappa shape index (κ3) is 4.87. The van der Waals surface area contributed by atoms with Crippen molar-refractivity contribution >= 4 is 23.7 Å². The Bertz CT molecular complexity index is 786. The number of nitrogens with one attached hydrogen (secondary N) is 1. The van der Waals surface area contributed by atoms with Crippen molar-refractivity contribution in [3.63, 3.8) is 0 Å². The smallest absolute Gasteiger partial charge is 0.277 e. The highest BCUT2D eigenvalue weighted by atomic mass is 35.5. The van der Waals surface area contributed by atoms with Gasteiger partial charge >= 0.3 is 0 Å². The lowest BCUT2D eigenvalue weighted by Gasteiger charge is -2.10. The van der Waals surface area contributed by atoms with E-state index in [1.807, 2.05) is 32.0 Å². The quantitative estimate of drug-likeness (QED) is 0.611. The highest BCUT2D eigenvalue weighted by Gasteiger charge is 2.09. The van der Waals surface area contributed by atoms with Gasteiger partial charge in [-0.1, -0.05) is 29.8 Å². The Kier molecular flexibility index (Phi) is 6.25. The maximum Gasteiger partial charge on any atom is 0.277 e. The summed E-state index contributed by atoms with van der Waals surface area (Å²) in [5.41, 5.74) is 4.86. The Labute approximate surface area is 151 Å². The Morgan fingerprint density at radius 1 is 1.32 bits per heavy atom. The number of carbonyl (C=O) groups is 1. The van der Waals surface area contributed by atoms with Crippen LogP contribution >= 0.6 is 11.6 Å². The van der Waals surface area contributed by atoms with Crippen molar-refractivity contribution in [1.29, 1.82) is 0 Å². The predicted octanol–water partition coefficient (Wildman–Crippen LogP) is 3.20. The fourth-order valence-corrected chi connectivity index (χ4v) is 2.42. The van der Waals surface area contributed by atoms with Gasteiger partial charge in [0.2, 0.25) is 0 Å². The molecule has 2 rings (SSSR count). The Morgan fingerprint density at radius 3 is 2.64 bits per heavy atom. The van der Waals surface area contributed by atoms with E-state index >= 15 is 0 Å². The number of ether oxygens (including phenoxy) is 2. The summed E-state index contributed by atoms with van der Waals surface area (Å²) in [5.74, 6) is 0.374. The number of halogens is 1. The summed E-state index contributed by atoms with van der Waals surface area (Å²) in [6, 6.07) is 8.81. The molecule has 0 aliphatic heterocycles. The van der Waals surface area contributed by atoms with Gasteiger partial charge in [-0.2, -0.15) is 5.10 Å². The number of methoxy groups -OCH3 is 1. The molecule has 132 valence electrons. The monoisotopic (exact) mass is 362 g/mol. The van der Waals surface area contributed by atoms with Crippen molar-refractivity contribution in [1.82, 2.24) is 5.43 Å². The van der Waals surface area contributed by atoms with Gasteiger partial charge in [-0.15, -0.1) is 0 Å². The molecule has 0 spiro atoms. The summed E-state index contributed by atoms with van der Waals surface area (Å²) in [6.45, 7) is 3.68. The van der Waals surface area contributed by atoms with E-state index in [-0.39, 0.29) is 23.1 Å². The van der Waals surface area contributed by atoms with E-state index in [0.29, 0.717) is 11.3 Å². The predicted molar refractivity (Wildman–Crippen MR) is 96.8 cm³/mol. The van der Waals surface area contributed by atoms with E-state index in [1.165, 1.54) is 19.4 Å². The molecular weight excluding hydrogens is 344 g/mol. The molecule has 0 aromatic heterocycles. The maximum absolute atomic E-state index is 11.8. The van der Waals surface area contributed by atoms with Crippen LogP contribution in [-0.4, -0.2) is 30.9 Å². The number of para-hydroxylation sites is 1. The second kappa shape index (κ2) is 8.39. The average molecular weight is 363 g/mol. The van der Waals surface area contributed by atoms with Gasteiger partial charge in [0.05, 0.1) is 18.3 Å². The maximum atomic E-state index is 11.8. The molecular formula is C18H19ClN2O4. The zero-order chi connectivity index (χ0) is 18.4. The number of rotatable bonds is 6. The molecule has 0 aliphatic carbocycles. The van der Waals surface area contributed by atoms with E-state index in [9.17, 15) is 9.90 Å². The first kappa shape index (κ1) is 18.6. The normalized spacial score (nSPS) is 10.7. The minimum atomic E-state index is -0.393. The molecule has 0 saturated heterocycles. The minimum Gasteiger partial charge on any atom is -0.503 e. The first-order valence-electron chi connectivity index (χ1n) is 7.49. The van der Waals surface area contributed by atoms with Gasteiger partial charge in [0.1, 0.15) is 5.75 Å². The van der Waals surface area contributed by atoms with E-state index in [4.69, 9.17) is 21.1 Å². The molecule has 1 amide bonds. The molecule has 2 aromatic rings. The second-order valence-corrected chi connectivity index (χ2v) is 5.76. The fourth-order valence-electron chi connectivity index (χ4n) is 2.20. The summed E-state index contributed by atoms with van der Waals surface area (Å²) in [5, 5.41) is 13.6. The zero-order valence-electron chi connectivity index (χ0n) is 14.2. The number of phenols is 1. The molecule has 0 bridgehead atoms. The summed E-state index contributed by atoms with van der Waals surface area (Å²) < 4.78 is 10.5. The molecule has 0 aliphatic rings. The lowest BCUT2D eigenvalue weighted by molar-refractivity contribution is -0.123. The summed E-state index contributed by atoms with van der Waals surface area (Å²) >= 11 is 5.89. The van der Waals surface area contributed by atoms with Crippen molar-refractivity contribution in [2.45, 2.75) is 13.8 Å². The number of carbonyl (C=O) groups excluding carboxylic acids is 1. The number of hydrogen-bond donors (Lipinski definition) is 2. The van der Waals surface area contributed by atoms with Crippen LogP contribution in [0, 0.1) is 13.8 Å². The van der Waals surface area contributed by atoms with Crippen LogP contribution in [0.4, 0.5) is 0 Å². The van der Waals surface area contributed by atoms with Crippen molar-refractivity contribution < 1.29 is 19.4 Å². The van der Waals surface area contributed by atoms with Gasteiger partial charge in [0.25, 0.3) is 5.91 Å². The van der Waals surface area contributed by atoms with Crippen molar-refractivity contribution in [2.75, 3.05) is 13.7 Å². The highest BCUT2D eigenvalue weighted by Crippen LogP contribution is 2.34. The summed E-state index contributed by atoms with van der Waals surface area (Å²) in [6.07, 6.45) is 1.39. The number of benzene rings is 2. The number of aryl methyl sites for hydroxylation is 2. The van der Waals surface area contributed by atoms with Crippen molar-refractivity contribution in [2.24, 2.45) is 5.10 Å². The number of hydrogen-bond acceptors (Lipinski definition) is 5. The van der Waals surface area contributed by atoms with E-state index in [2.05, 4.69) is 10.5 Å². The number of aromatic hydroxyl groups is 1. The van der Waals surface area contributed by atoms with Crippen LogP contribution in [0.3, 0.4) is 0 Å². The lowest BCUT2D eigenvalue weighted by atomic mass is 10.1. The molecule has 0 radical (unpaired) electrons. The fraction of sp³-hybridized carbons (Fsp3) is 0.222. The first-order valence-corrected chi connectivity index (χ1v) is 7.87. The molecule has 2 aromatic carbocycles. The van der Waals surface area contributed by atoms with Gasteiger partial charge < -0.3 is 14.6 Å². The molecule has 25 heavy (non-hydrogen) atoms. The number of amides is 1.